The van der Waals surface area contributed by atoms with Crippen LogP contribution < -0.4 is 11.1 Å². The number of carbonyl (C=O) groups is 3. The zero-order valence-corrected chi connectivity index (χ0v) is 31.8. The van der Waals surface area contributed by atoms with Crippen molar-refractivity contribution < 1.29 is 24.2 Å². The number of rotatable bonds is 36. The van der Waals surface area contributed by atoms with Crippen LogP contribution >= 0.6 is 0 Å². The summed E-state index contributed by atoms with van der Waals surface area (Å²) in [6.45, 7) is 4.80. The highest BCUT2D eigenvalue weighted by Crippen LogP contribution is 2.16. The van der Waals surface area contributed by atoms with Gasteiger partial charge in [0.05, 0.1) is 0 Å². The lowest BCUT2D eigenvalue weighted by atomic mass is 10.0. The number of unbranched alkanes of at least 4 members (excludes halogenated alkanes) is 18. The summed E-state index contributed by atoms with van der Waals surface area (Å²) >= 11 is 0. The first kappa shape index (κ1) is 46.6. The van der Waals surface area contributed by atoms with Gasteiger partial charge in [-0.25, -0.2) is 4.79 Å². The maximum atomic E-state index is 12.7. The molecule has 0 spiro atoms. The molecule has 0 radical (unpaired) electrons. The van der Waals surface area contributed by atoms with Crippen molar-refractivity contribution >= 4 is 17.8 Å². The molecule has 0 fully saturated rings. The smallest absolute Gasteiger partial charge is 0.326 e. The van der Waals surface area contributed by atoms with Crippen LogP contribution in [0.15, 0.2) is 36.5 Å². The lowest BCUT2D eigenvalue weighted by Crippen LogP contribution is -2.40. The number of nitrogens with two attached hydrogens (primary N) is 1. The predicted molar refractivity (Wildman–Crippen MR) is 207 cm³/mol. The average molecular weight is 689 g/mol. The van der Waals surface area contributed by atoms with Gasteiger partial charge in [0.1, 0.15) is 12.1 Å². The molecule has 0 heterocycles. The van der Waals surface area contributed by atoms with Gasteiger partial charge in [-0.3, -0.25) is 9.59 Å². The minimum absolute atomic E-state index is 0.112. The number of nitrogens with one attached hydrogen (secondary N) is 1. The van der Waals surface area contributed by atoms with Crippen LogP contribution in [-0.4, -0.2) is 41.6 Å². The third kappa shape index (κ3) is 33.8. The molecule has 1 amide bonds. The zero-order valence-electron chi connectivity index (χ0n) is 31.8. The van der Waals surface area contributed by atoms with Crippen LogP contribution in [0.4, 0.5) is 0 Å². The first-order valence-corrected chi connectivity index (χ1v) is 20.3. The van der Waals surface area contributed by atoms with Crippen molar-refractivity contribution in [2.24, 2.45) is 5.73 Å². The molecule has 284 valence electrons. The van der Waals surface area contributed by atoms with Crippen LogP contribution in [0.25, 0.3) is 0 Å². The first-order chi connectivity index (χ1) is 23.9. The van der Waals surface area contributed by atoms with Gasteiger partial charge in [0.25, 0.3) is 0 Å². The molecule has 49 heavy (non-hydrogen) atoms. The van der Waals surface area contributed by atoms with E-state index in [0.29, 0.717) is 38.6 Å². The molecule has 0 saturated heterocycles. The van der Waals surface area contributed by atoms with E-state index in [1.165, 1.54) is 89.9 Å². The molecule has 0 aromatic heterocycles. The van der Waals surface area contributed by atoms with Crippen LogP contribution in [0.5, 0.6) is 0 Å². The number of esters is 1. The van der Waals surface area contributed by atoms with Crippen molar-refractivity contribution in [2.75, 3.05) is 6.54 Å². The van der Waals surface area contributed by atoms with E-state index in [1.807, 2.05) is 6.08 Å². The quantitative estimate of drug-likeness (QED) is 0.0342. The molecule has 4 N–H and O–H groups in total. The Morgan fingerprint density at radius 3 is 1.63 bits per heavy atom. The molecule has 7 nitrogen and oxygen atoms in total. The molecule has 0 aliphatic heterocycles. The minimum Gasteiger partial charge on any atom is -0.480 e. The van der Waals surface area contributed by atoms with Crippen molar-refractivity contribution in [3.05, 3.63) is 36.5 Å². The van der Waals surface area contributed by atoms with Gasteiger partial charge in [-0.15, -0.1) is 0 Å². The van der Waals surface area contributed by atoms with E-state index >= 15 is 0 Å². The summed E-state index contributed by atoms with van der Waals surface area (Å²) in [5.74, 6) is -1.36. The Bertz CT molecular complexity index is 869. The predicted octanol–water partition coefficient (Wildman–Crippen LogP) is 11.1. The number of carbonyl (C=O) groups excluding carboxylic acids is 2. The molecule has 0 rings (SSSR count). The van der Waals surface area contributed by atoms with Crippen molar-refractivity contribution in [3.8, 4) is 0 Å². The number of hydrogen-bond acceptors (Lipinski definition) is 5. The molecule has 0 aromatic carbocycles. The Morgan fingerprint density at radius 2 is 1.10 bits per heavy atom. The molecule has 0 saturated carbocycles. The maximum absolute atomic E-state index is 12.7. The third-order valence-corrected chi connectivity index (χ3v) is 8.95. The maximum Gasteiger partial charge on any atom is 0.326 e. The summed E-state index contributed by atoms with van der Waals surface area (Å²) in [6.07, 6.45) is 42.1. The molecule has 0 aromatic rings. The standard InChI is InChI=1S/C42H76N2O5/c1-3-5-7-9-11-13-14-15-16-17-18-19-20-22-24-30-36-41(46)49-38(32-27-23-21-12-10-8-6-4-2)33-28-25-26-29-35-40(45)44-39(42(47)48)34-31-37-43/h6,8,12,21,27,32,38-39H,3-5,7,9-11,13-20,22-26,28-31,33-37,43H2,1-2H3,(H,44,45)(H,47,48)/b8-6-,21-12-,32-27-. The highest BCUT2D eigenvalue weighted by molar-refractivity contribution is 5.83. The van der Waals surface area contributed by atoms with Gasteiger partial charge >= 0.3 is 11.9 Å². The van der Waals surface area contributed by atoms with Crippen LogP contribution in [0.2, 0.25) is 0 Å². The van der Waals surface area contributed by atoms with E-state index in [2.05, 4.69) is 49.5 Å². The molecule has 0 bridgehead atoms. The van der Waals surface area contributed by atoms with Crippen LogP contribution in [-0.2, 0) is 19.1 Å². The van der Waals surface area contributed by atoms with Gasteiger partial charge in [0.15, 0.2) is 0 Å². The van der Waals surface area contributed by atoms with Gasteiger partial charge < -0.3 is 20.9 Å². The highest BCUT2D eigenvalue weighted by Gasteiger charge is 2.19. The van der Waals surface area contributed by atoms with Gasteiger partial charge in [-0.2, -0.15) is 0 Å². The topological polar surface area (TPSA) is 119 Å². The number of amides is 1. The minimum atomic E-state index is -1.02. The molecular weight excluding hydrogens is 612 g/mol. The molecular formula is C42H76N2O5. The lowest BCUT2D eigenvalue weighted by molar-refractivity contribution is -0.147. The number of hydrogen-bond donors (Lipinski definition) is 3. The van der Waals surface area contributed by atoms with E-state index in [1.54, 1.807) is 0 Å². The van der Waals surface area contributed by atoms with Crippen molar-refractivity contribution in [1.82, 2.24) is 5.32 Å². The Hall–Kier alpha value is -2.41. The summed E-state index contributed by atoms with van der Waals surface area (Å²) in [5, 5.41) is 11.9. The lowest BCUT2D eigenvalue weighted by Gasteiger charge is -2.15. The number of allylic oxidation sites excluding steroid dienone is 5. The largest absolute Gasteiger partial charge is 0.480 e. The Kier molecular flexibility index (Phi) is 35.0. The second kappa shape index (κ2) is 36.9. The van der Waals surface area contributed by atoms with Crippen LogP contribution in [0.1, 0.15) is 194 Å². The van der Waals surface area contributed by atoms with Crippen LogP contribution in [0, 0.1) is 0 Å². The summed E-state index contributed by atoms with van der Waals surface area (Å²) in [7, 11) is 0. The van der Waals surface area contributed by atoms with E-state index < -0.39 is 12.0 Å². The fraction of sp³-hybridized carbons (Fsp3) is 0.786. The fourth-order valence-electron chi connectivity index (χ4n) is 5.91. The number of aliphatic carboxylic acids is 1. The molecule has 0 aliphatic rings. The molecule has 2 atom stereocenters. The van der Waals surface area contributed by atoms with Crippen molar-refractivity contribution in [2.45, 2.75) is 206 Å². The van der Waals surface area contributed by atoms with Gasteiger partial charge in [0.2, 0.25) is 5.91 Å². The highest BCUT2D eigenvalue weighted by atomic mass is 16.5. The second-order valence-electron chi connectivity index (χ2n) is 13.7. The summed E-state index contributed by atoms with van der Waals surface area (Å²) in [5.41, 5.74) is 5.47. The van der Waals surface area contributed by atoms with E-state index in [4.69, 9.17) is 10.5 Å². The van der Waals surface area contributed by atoms with E-state index in [-0.39, 0.29) is 18.0 Å². The SMILES string of the molecule is CC/C=C\C/C=C\C/C=C\C(CCCCCCC(=O)NC(CCCN)C(=O)O)OC(=O)CCCCCCCCCCCCCCCCCC. The summed E-state index contributed by atoms with van der Waals surface area (Å²) < 4.78 is 5.89. The van der Waals surface area contributed by atoms with E-state index in [9.17, 15) is 19.5 Å². The summed E-state index contributed by atoms with van der Waals surface area (Å²) in [4.78, 5) is 36.2. The number of carboxylic acid groups (broad SMARTS) is 1. The molecule has 2 unspecified atom stereocenters. The summed E-state index contributed by atoms with van der Waals surface area (Å²) in [6, 6.07) is -0.875. The normalized spacial score (nSPS) is 13.0. The van der Waals surface area contributed by atoms with E-state index in [0.717, 1.165) is 57.8 Å². The monoisotopic (exact) mass is 689 g/mol. The first-order valence-electron chi connectivity index (χ1n) is 20.3. The third-order valence-electron chi connectivity index (χ3n) is 8.95. The number of ether oxygens (including phenoxy) is 1. The molecule has 0 aliphatic carbocycles. The van der Waals surface area contributed by atoms with Gasteiger partial charge in [-0.1, -0.05) is 153 Å². The fourth-order valence-corrected chi connectivity index (χ4v) is 5.91. The van der Waals surface area contributed by atoms with Gasteiger partial charge in [-0.05, 0) is 70.4 Å². The van der Waals surface area contributed by atoms with Crippen molar-refractivity contribution in [3.63, 3.8) is 0 Å². The Balaban J connectivity index is 4.28. The zero-order chi connectivity index (χ0) is 36.0. The van der Waals surface area contributed by atoms with Crippen molar-refractivity contribution in [1.29, 1.82) is 0 Å². The van der Waals surface area contributed by atoms with Gasteiger partial charge in [0, 0.05) is 12.8 Å². The Morgan fingerprint density at radius 1 is 0.612 bits per heavy atom. The Labute approximate surface area is 301 Å². The average Bonchev–Trinajstić information content (AvgIpc) is 3.08. The second-order valence-corrected chi connectivity index (χ2v) is 13.7. The number of carboxylic acids is 1. The van der Waals surface area contributed by atoms with Crippen LogP contribution in [0.3, 0.4) is 0 Å². The molecule has 7 heteroatoms.